The van der Waals surface area contributed by atoms with E-state index in [4.69, 9.17) is 27.9 Å². The molecule has 7 nitrogen and oxygen atoms in total. The zero-order valence-corrected chi connectivity index (χ0v) is 19.1. The van der Waals surface area contributed by atoms with Gasteiger partial charge in [-0.05, 0) is 31.2 Å². The van der Waals surface area contributed by atoms with Crippen LogP contribution in [-0.2, 0) is 25.9 Å². The zero-order valence-electron chi connectivity index (χ0n) is 15.1. The lowest BCUT2D eigenvalue weighted by atomic mass is 10.3. The number of benzene rings is 1. The molecule has 0 atom stereocenters. The fraction of sp³-hybridized carbons (Fsp3) is 0.235. The Kier molecular flexibility index (Phi) is 6.49. The smallest absolute Gasteiger partial charge is 0.326 e. The maximum atomic E-state index is 12.6. The summed E-state index contributed by atoms with van der Waals surface area (Å²) < 4.78 is 31.3. The zero-order chi connectivity index (χ0) is 21.3. The van der Waals surface area contributed by atoms with Gasteiger partial charge in [0.05, 0.1) is 31.6 Å². The Morgan fingerprint density at radius 3 is 2.52 bits per heavy atom. The molecule has 0 aliphatic carbocycles. The van der Waals surface area contributed by atoms with Crippen molar-refractivity contribution < 1.29 is 22.7 Å². The summed E-state index contributed by atoms with van der Waals surface area (Å²) >= 11 is 14.0. The molecule has 2 aromatic heterocycles. The SMILES string of the molecule is CCOC(=O)Cn1c(=NC(=O)c2cc(Cl)sc2Cl)sc2cc(S(C)(=O)=O)ccc21. The lowest BCUT2D eigenvalue weighted by Gasteiger charge is -2.05. The van der Waals surface area contributed by atoms with E-state index >= 15 is 0 Å². The molecule has 3 aromatic rings. The van der Waals surface area contributed by atoms with Crippen LogP contribution in [0.4, 0.5) is 0 Å². The molecule has 12 heteroatoms. The summed E-state index contributed by atoms with van der Waals surface area (Å²) in [7, 11) is -3.42. The topological polar surface area (TPSA) is 94.8 Å². The average Bonchev–Trinajstić information content (AvgIpc) is 3.13. The highest BCUT2D eigenvalue weighted by atomic mass is 35.5. The third-order valence-corrected chi connectivity index (χ3v) is 7.40. The Morgan fingerprint density at radius 2 is 1.93 bits per heavy atom. The van der Waals surface area contributed by atoms with Crippen LogP contribution >= 0.6 is 45.9 Å². The van der Waals surface area contributed by atoms with E-state index in [1.807, 2.05) is 0 Å². The van der Waals surface area contributed by atoms with E-state index in [2.05, 4.69) is 4.99 Å². The number of aromatic nitrogens is 1. The molecular formula is C17H14Cl2N2O5S3. The van der Waals surface area contributed by atoms with E-state index in [9.17, 15) is 18.0 Å². The minimum Gasteiger partial charge on any atom is -0.465 e. The number of thiophene rings is 1. The van der Waals surface area contributed by atoms with Gasteiger partial charge in [-0.2, -0.15) is 4.99 Å². The summed E-state index contributed by atoms with van der Waals surface area (Å²) in [6, 6.07) is 5.91. The molecule has 1 amide bonds. The molecule has 0 radical (unpaired) electrons. The van der Waals surface area contributed by atoms with Gasteiger partial charge in [0.1, 0.15) is 10.9 Å². The number of esters is 1. The molecule has 0 spiro atoms. The van der Waals surface area contributed by atoms with Gasteiger partial charge in [0.2, 0.25) is 0 Å². The molecule has 0 aliphatic rings. The predicted octanol–water partition coefficient (Wildman–Crippen LogP) is 3.78. The lowest BCUT2D eigenvalue weighted by Crippen LogP contribution is -2.23. The molecular weight excluding hydrogens is 479 g/mol. The van der Waals surface area contributed by atoms with E-state index in [1.54, 1.807) is 13.0 Å². The number of nitrogens with zero attached hydrogens (tertiary/aromatic N) is 2. The summed E-state index contributed by atoms with van der Waals surface area (Å²) in [5.74, 6) is -1.13. The van der Waals surface area contributed by atoms with E-state index in [1.165, 1.54) is 22.8 Å². The van der Waals surface area contributed by atoms with Gasteiger partial charge in [-0.25, -0.2) is 8.42 Å². The van der Waals surface area contributed by atoms with Gasteiger partial charge < -0.3 is 9.30 Å². The van der Waals surface area contributed by atoms with Crippen molar-refractivity contribution in [3.8, 4) is 0 Å². The summed E-state index contributed by atoms with van der Waals surface area (Å²) in [6.45, 7) is 1.70. The number of halogens is 2. The second kappa shape index (κ2) is 8.57. The molecule has 0 saturated heterocycles. The van der Waals surface area contributed by atoms with Crippen molar-refractivity contribution in [2.45, 2.75) is 18.4 Å². The Labute approximate surface area is 184 Å². The number of hydrogen-bond acceptors (Lipinski definition) is 7. The number of amides is 1. The molecule has 1 aromatic carbocycles. The third-order valence-electron chi connectivity index (χ3n) is 3.76. The van der Waals surface area contributed by atoms with Gasteiger partial charge in [0.25, 0.3) is 5.91 Å². The molecule has 0 fully saturated rings. The van der Waals surface area contributed by atoms with Gasteiger partial charge in [-0.15, -0.1) is 11.3 Å². The van der Waals surface area contributed by atoms with Crippen LogP contribution < -0.4 is 4.80 Å². The highest BCUT2D eigenvalue weighted by Crippen LogP contribution is 2.31. The molecule has 0 bridgehead atoms. The van der Waals surface area contributed by atoms with Gasteiger partial charge in [-0.3, -0.25) is 9.59 Å². The number of thiazole rings is 1. The first-order valence-electron chi connectivity index (χ1n) is 8.13. The van der Waals surface area contributed by atoms with E-state index < -0.39 is 21.7 Å². The molecule has 154 valence electrons. The Balaban J connectivity index is 2.19. The van der Waals surface area contributed by atoms with Crippen LogP contribution in [0.15, 0.2) is 34.2 Å². The minimum absolute atomic E-state index is 0.125. The van der Waals surface area contributed by atoms with Gasteiger partial charge in [-0.1, -0.05) is 34.5 Å². The average molecular weight is 493 g/mol. The highest BCUT2D eigenvalue weighted by molar-refractivity contribution is 7.90. The fourth-order valence-corrected chi connectivity index (χ4v) is 5.73. The second-order valence-electron chi connectivity index (χ2n) is 5.83. The monoisotopic (exact) mass is 492 g/mol. The number of hydrogen-bond donors (Lipinski definition) is 0. The van der Waals surface area contributed by atoms with Crippen LogP contribution in [0.2, 0.25) is 8.67 Å². The van der Waals surface area contributed by atoms with Crippen molar-refractivity contribution >= 4 is 77.8 Å². The summed E-state index contributed by atoms with van der Waals surface area (Å²) in [6.07, 6.45) is 1.10. The van der Waals surface area contributed by atoms with E-state index in [0.717, 1.165) is 28.9 Å². The Morgan fingerprint density at radius 1 is 1.21 bits per heavy atom. The van der Waals surface area contributed by atoms with Gasteiger partial charge in [0, 0.05) is 6.26 Å². The first-order chi connectivity index (χ1) is 13.6. The number of rotatable bonds is 5. The van der Waals surface area contributed by atoms with Crippen molar-refractivity contribution in [1.29, 1.82) is 0 Å². The second-order valence-corrected chi connectivity index (χ2v) is 11.1. The normalized spacial score (nSPS) is 12.5. The van der Waals surface area contributed by atoms with Crippen molar-refractivity contribution in [3.05, 3.63) is 43.3 Å². The molecule has 29 heavy (non-hydrogen) atoms. The third kappa shape index (κ3) is 4.89. The van der Waals surface area contributed by atoms with Gasteiger partial charge >= 0.3 is 5.97 Å². The van der Waals surface area contributed by atoms with Crippen LogP contribution in [0.25, 0.3) is 10.2 Å². The van der Waals surface area contributed by atoms with Crippen LogP contribution in [0, 0.1) is 0 Å². The lowest BCUT2D eigenvalue weighted by molar-refractivity contribution is -0.143. The predicted molar refractivity (Wildman–Crippen MR) is 114 cm³/mol. The van der Waals surface area contributed by atoms with E-state index in [0.29, 0.717) is 14.6 Å². The first kappa shape index (κ1) is 22.0. The summed E-state index contributed by atoms with van der Waals surface area (Å²) in [4.78, 5) is 29.1. The largest absolute Gasteiger partial charge is 0.465 e. The van der Waals surface area contributed by atoms with Crippen molar-refractivity contribution in [1.82, 2.24) is 4.57 Å². The highest BCUT2D eigenvalue weighted by Gasteiger charge is 2.17. The fourth-order valence-electron chi connectivity index (χ4n) is 2.49. The van der Waals surface area contributed by atoms with Crippen LogP contribution in [-0.4, -0.2) is 37.7 Å². The maximum Gasteiger partial charge on any atom is 0.326 e. The van der Waals surface area contributed by atoms with Crippen LogP contribution in [0.5, 0.6) is 0 Å². The molecule has 0 N–H and O–H groups in total. The quantitative estimate of drug-likeness (QED) is 0.505. The van der Waals surface area contributed by atoms with Gasteiger partial charge in [0.15, 0.2) is 14.6 Å². The van der Waals surface area contributed by atoms with Crippen molar-refractivity contribution in [2.75, 3.05) is 12.9 Å². The minimum atomic E-state index is -3.42. The number of ether oxygens (including phenoxy) is 1. The molecule has 0 saturated carbocycles. The van der Waals surface area contributed by atoms with Crippen LogP contribution in [0.3, 0.4) is 0 Å². The van der Waals surface area contributed by atoms with Crippen LogP contribution in [0.1, 0.15) is 17.3 Å². The molecule has 0 aliphatic heterocycles. The van der Waals surface area contributed by atoms with Crippen molar-refractivity contribution in [3.63, 3.8) is 0 Å². The van der Waals surface area contributed by atoms with Crippen molar-refractivity contribution in [2.24, 2.45) is 4.99 Å². The number of fused-ring (bicyclic) bond motifs is 1. The van der Waals surface area contributed by atoms with E-state index in [-0.39, 0.29) is 32.7 Å². The first-order valence-corrected chi connectivity index (χ1v) is 12.4. The number of sulfone groups is 1. The molecule has 2 heterocycles. The Hall–Kier alpha value is -1.72. The maximum absolute atomic E-state index is 12.6. The Bertz CT molecular complexity index is 1290. The number of carbonyl (C=O) groups excluding carboxylic acids is 2. The molecule has 3 rings (SSSR count). The number of carbonyl (C=O) groups is 2. The summed E-state index contributed by atoms with van der Waals surface area (Å²) in [5, 5.41) is 0. The summed E-state index contributed by atoms with van der Waals surface area (Å²) in [5.41, 5.74) is 0.704. The standard InChI is InChI=1S/C17H14Cl2N2O5S3/c1-3-26-14(22)8-21-11-5-4-9(29(2,24)25)6-12(11)27-17(21)20-16(23)10-7-13(18)28-15(10)19/h4-7H,3,8H2,1-2H3. The molecule has 0 unspecified atom stereocenters.